The molecule has 15 heavy (non-hydrogen) atoms. The van der Waals surface area contributed by atoms with Gasteiger partial charge in [-0.05, 0) is 31.9 Å². The number of hydrogen-bond acceptors (Lipinski definition) is 3. The van der Waals surface area contributed by atoms with Crippen molar-refractivity contribution in [2.45, 2.75) is 57.5 Å². The highest BCUT2D eigenvalue weighted by Gasteiger charge is 2.24. The summed E-state index contributed by atoms with van der Waals surface area (Å²) in [5, 5.41) is 0. The topological polar surface area (TPSA) is 35.5 Å². The lowest BCUT2D eigenvalue weighted by Gasteiger charge is -2.29. The summed E-state index contributed by atoms with van der Waals surface area (Å²) >= 11 is 0. The third-order valence-corrected chi connectivity index (χ3v) is 3.04. The fourth-order valence-corrected chi connectivity index (χ4v) is 2.09. The molecule has 0 bridgehead atoms. The lowest BCUT2D eigenvalue weighted by molar-refractivity contribution is -0.179. The lowest BCUT2D eigenvalue weighted by atomic mass is 9.98. The average molecular weight is 210 g/mol. The summed E-state index contributed by atoms with van der Waals surface area (Å²) in [6.45, 7) is 1.77. The number of hydrogen-bond donors (Lipinski definition) is 0. The van der Waals surface area contributed by atoms with Gasteiger partial charge in [-0.15, -0.1) is 0 Å². The Kier molecular flexibility index (Phi) is 3.54. The number of ketones is 1. The molecule has 3 nitrogen and oxygen atoms in total. The molecule has 1 heterocycles. The van der Waals surface area contributed by atoms with Crippen LogP contribution in [-0.2, 0) is 14.3 Å². The Morgan fingerprint density at radius 3 is 2.73 bits per heavy atom. The molecule has 0 aromatic carbocycles. The van der Waals surface area contributed by atoms with E-state index in [9.17, 15) is 4.79 Å². The van der Waals surface area contributed by atoms with Crippen molar-refractivity contribution in [2.75, 3.05) is 0 Å². The zero-order valence-corrected chi connectivity index (χ0v) is 9.15. The van der Waals surface area contributed by atoms with Crippen LogP contribution < -0.4 is 0 Å². The number of carbonyl (C=O) groups is 1. The standard InChI is InChI=1S/C12H18O3/c1-9-11(13)7-8-12(14-9)15-10-5-3-2-4-6-10/h7-10,12H,2-6H2,1H3/t9-,12+/m0/s1. The Morgan fingerprint density at radius 2 is 2.07 bits per heavy atom. The second kappa shape index (κ2) is 4.90. The van der Waals surface area contributed by atoms with Crippen molar-refractivity contribution in [3.63, 3.8) is 0 Å². The molecular formula is C12H18O3. The zero-order chi connectivity index (χ0) is 10.7. The normalized spacial score (nSPS) is 33.3. The smallest absolute Gasteiger partial charge is 0.184 e. The van der Waals surface area contributed by atoms with E-state index in [1.54, 1.807) is 19.1 Å². The highest BCUT2D eigenvalue weighted by molar-refractivity contribution is 5.93. The zero-order valence-electron chi connectivity index (χ0n) is 9.15. The van der Waals surface area contributed by atoms with Gasteiger partial charge >= 0.3 is 0 Å². The highest BCUT2D eigenvalue weighted by atomic mass is 16.7. The molecule has 0 spiro atoms. The van der Waals surface area contributed by atoms with Gasteiger partial charge in [0.1, 0.15) is 6.10 Å². The molecule has 1 fully saturated rings. The molecule has 2 atom stereocenters. The third-order valence-electron chi connectivity index (χ3n) is 3.04. The van der Waals surface area contributed by atoms with Gasteiger partial charge in [0.25, 0.3) is 0 Å². The highest BCUT2D eigenvalue weighted by Crippen LogP contribution is 2.23. The van der Waals surface area contributed by atoms with Crippen molar-refractivity contribution in [1.82, 2.24) is 0 Å². The maximum atomic E-state index is 11.2. The first-order chi connectivity index (χ1) is 7.25. The SMILES string of the molecule is C[C@@H]1O[C@H](OC2CCCCC2)C=CC1=O. The van der Waals surface area contributed by atoms with E-state index in [-0.39, 0.29) is 18.2 Å². The summed E-state index contributed by atoms with van der Waals surface area (Å²) in [4.78, 5) is 11.2. The largest absolute Gasteiger partial charge is 0.346 e. The molecule has 0 aromatic rings. The van der Waals surface area contributed by atoms with E-state index in [0.717, 1.165) is 12.8 Å². The van der Waals surface area contributed by atoms with E-state index in [0.29, 0.717) is 6.10 Å². The second-order valence-corrected chi connectivity index (χ2v) is 4.30. The van der Waals surface area contributed by atoms with Gasteiger partial charge in [-0.25, -0.2) is 0 Å². The predicted molar refractivity (Wildman–Crippen MR) is 56.4 cm³/mol. The van der Waals surface area contributed by atoms with E-state index < -0.39 is 0 Å². The van der Waals surface area contributed by atoms with Crippen LogP contribution in [0.3, 0.4) is 0 Å². The number of carbonyl (C=O) groups excluding carboxylic acids is 1. The molecule has 84 valence electrons. The molecule has 0 radical (unpaired) electrons. The molecule has 0 saturated heterocycles. The van der Waals surface area contributed by atoms with E-state index in [2.05, 4.69) is 0 Å². The van der Waals surface area contributed by atoms with Crippen molar-refractivity contribution in [3.8, 4) is 0 Å². The van der Waals surface area contributed by atoms with Crippen molar-refractivity contribution in [2.24, 2.45) is 0 Å². The van der Waals surface area contributed by atoms with Gasteiger partial charge in [-0.1, -0.05) is 19.3 Å². The molecule has 2 rings (SSSR count). The van der Waals surface area contributed by atoms with E-state index in [1.165, 1.54) is 19.3 Å². The van der Waals surface area contributed by atoms with Crippen LogP contribution in [0.15, 0.2) is 12.2 Å². The fourth-order valence-electron chi connectivity index (χ4n) is 2.09. The van der Waals surface area contributed by atoms with Crippen molar-refractivity contribution in [3.05, 3.63) is 12.2 Å². The summed E-state index contributed by atoms with van der Waals surface area (Å²) in [6, 6.07) is 0. The maximum Gasteiger partial charge on any atom is 0.184 e. The first-order valence-corrected chi connectivity index (χ1v) is 5.78. The van der Waals surface area contributed by atoms with E-state index in [1.807, 2.05) is 0 Å². The summed E-state index contributed by atoms with van der Waals surface area (Å²) in [7, 11) is 0. The molecule has 0 N–H and O–H groups in total. The molecule has 3 heteroatoms. The lowest BCUT2D eigenvalue weighted by Crippen LogP contribution is -2.34. The van der Waals surface area contributed by atoms with Crippen molar-refractivity contribution >= 4 is 5.78 Å². The minimum atomic E-state index is -0.358. The van der Waals surface area contributed by atoms with Crippen LogP contribution in [0.1, 0.15) is 39.0 Å². The molecule has 0 amide bonds. The molecule has 0 aromatic heterocycles. The molecule has 2 aliphatic rings. The molecule has 1 aliphatic carbocycles. The van der Waals surface area contributed by atoms with Crippen LogP contribution in [-0.4, -0.2) is 24.3 Å². The first-order valence-electron chi connectivity index (χ1n) is 5.78. The summed E-state index contributed by atoms with van der Waals surface area (Å²) in [6.07, 6.45) is 8.98. The molecule has 0 unspecified atom stereocenters. The number of rotatable bonds is 2. The third kappa shape index (κ3) is 2.89. The summed E-state index contributed by atoms with van der Waals surface area (Å²) in [5.41, 5.74) is 0. The van der Waals surface area contributed by atoms with Gasteiger partial charge in [-0.2, -0.15) is 0 Å². The van der Waals surface area contributed by atoms with E-state index in [4.69, 9.17) is 9.47 Å². The molecular weight excluding hydrogens is 192 g/mol. The second-order valence-electron chi connectivity index (χ2n) is 4.30. The first kappa shape index (κ1) is 10.8. The van der Waals surface area contributed by atoms with Crippen LogP contribution in [0.2, 0.25) is 0 Å². The van der Waals surface area contributed by atoms with Crippen LogP contribution in [0.25, 0.3) is 0 Å². The molecule has 1 aliphatic heterocycles. The molecule has 1 saturated carbocycles. The minimum absolute atomic E-state index is 0.0264. The van der Waals surface area contributed by atoms with Crippen LogP contribution >= 0.6 is 0 Å². The monoisotopic (exact) mass is 210 g/mol. The van der Waals surface area contributed by atoms with Crippen LogP contribution in [0.5, 0.6) is 0 Å². The summed E-state index contributed by atoms with van der Waals surface area (Å²) in [5.74, 6) is 0.0264. The van der Waals surface area contributed by atoms with E-state index >= 15 is 0 Å². The van der Waals surface area contributed by atoms with Crippen LogP contribution in [0, 0.1) is 0 Å². The Bertz CT molecular complexity index is 254. The average Bonchev–Trinajstić information content (AvgIpc) is 2.25. The minimum Gasteiger partial charge on any atom is -0.346 e. The Labute approximate surface area is 90.4 Å². The number of ether oxygens (including phenoxy) is 2. The van der Waals surface area contributed by atoms with Gasteiger partial charge in [0.15, 0.2) is 12.1 Å². The maximum absolute atomic E-state index is 11.2. The van der Waals surface area contributed by atoms with Gasteiger partial charge < -0.3 is 9.47 Å². The van der Waals surface area contributed by atoms with Crippen molar-refractivity contribution < 1.29 is 14.3 Å². The van der Waals surface area contributed by atoms with Gasteiger partial charge in [0, 0.05) is 0 Å². The summed E-state index contributed by atoms with van der Waals surface area (Å²) < 4.78 is 11.2. The predicted octanol–water partition coefficient (Wildman–Crippen LogP) is 2.21. The van der Waals surface area contributed by atoms with Crippen LogP contribution in [0.4, 0.5) is 0 Å². The Morgan fingerprint density at radius 1 is 1.33 bits per heavy atom. The van der Waals surface area contributed by atoms with Gasteiger partial charge in [0.2, 0.25) is 0 Å². The quantitative estimate of drug-likeness (QED) is 0.701. The fraction of sp³-hybridized carbons (Fsp3) is 0.750. The Hall–Kier alpha value is -0.670. The van der Waals surface area contributed by atoms with Gasteiger partial charge in [0.05, 0.1) is 6.10 Å². The van der Waals surface area contributed by atoms with Crippen molar-refractivity contribution in [1.29, 1.82) is 0 Å². The Balaban J connectivity index is 1.84. The van der Waals surface area contributed by atoms with Gasteiger partial charge in [-0.3, -0.25) is 4.79 Å².